The molecule has 4 heteroatoms. The van der Waals surface area contributed by atoms with Crippen LogP contribution in [0.3, 0.4) is 0 Å². The molecule has 0 unspecified atom stereocenters. The number of fused-ring (bicyclic) bond motifs is 1. The zero-order chi connectivity index (χ0) is 11.8. The lowest BCUT2D eigenvalue weighted by Gasteiger charge is -2.00. The van der Waals surface area contributed by atoms with Crippen molar-refractivity contribution in [3.63, 3.8) is 0 Å². The van der Waals surface area contributed by atoms with Crippen molar-refractivity contribution in [2.75, 3.05) is 5.73 Å². The number of nitrogens with two attached hydrogens (primary N) is 1. The van der Waals surface area contributed by atoms with E-state index in [0.717, 1.165) is 21.1 Å². The van der Waals surface area contributed by atoms with Crippen LogP contribution in [0, 0.1) is 0 Å². The fraction of sp³-hybridized carbons (Fsp3) is 0. The second-order valence-electron chi connectivity index (χ2n) is 3.72. The van der Waals surface area contributed by atoms with Crippen molar-refractivity contribution < 1.29 is 4.42 Å². The van der Waals surface area contributed by atoms with E-state index < -0.39 is 0 Å². The number of rotatable bonds is 1. The molecule has 0 radical (unpaired) electrons. The fourth-order valence-corrected chi connectivity index (χ4v) is 2.09. The maximum Gasteiger partial charge on any atom is 0.229 e. The normalized spacial score (nSPS) is 10.9. The molecule has 0 fully saturated rings. The van der Waals surface area contributed by atoms with Gasteiger partial charge < -0.3 is 10.2 Å². The molecule has 3 rings (SSSR count). The molecule has 0 atom stereocenters. The Hall–Kier alpha value is -1.81. The second-order valence-corrected chi connectivity index (χ2v) is 4.63. The number of halogens is 1. The fourth-order valence-electron chi connectivity index (χ4n) is 1.72. The van der Waals surface area contributed by atoms with E-state index in [1.807, 2.05) is 42.5 Å². The monoisotopic (exact) mass is 288 g/mol. The minimum absolute atomic E-state index is 0.552. The van der Waals surface area contributed by atoms with E-state index in [1.54, 1.807) is 0 Å². The Kier molecular flexibility index (Phi) is 2.37. The van der Waals surface area contributed by atoms with Gasteiger partial charge >= 0.3 is 0 Å². The van der Waals surface area contributed by atoms with Crippen LogP contribution in [0.25, 0.3) is 22.6 Å². The van der Waals surface area contributed by atoms with Crippen molar-refractivity contribution >= 4 is 32.7 Å². The van der Waals surface area contributed by atoms with Crippen LogP contribution >= 0.6 is 15.9 Å². The largest absolute Gasteiger partial charge is 0.436 e. The third-order valence-electron chi connectivity index (χ3n) is 2.54. The Morgan fingerprint density at radius 2 is 1.94 bits per heavy atom. The number of benzene rings is 2. The molecule has 0 spiro atoms. The zero-order valence-electron chi connectivity index (χ0n) is 8.85. The van der Waals surface area contributed by atoms with Gasteiger partial charge in [0.1, 0.15) is 5.52 Å². The van der Waals surface area contributed by atoms with E-state index in [4.69, 9.17) is 10.2 Å². The van der Waals surface area contributed by atoms with Gasteiger partial charge in [-0.25, -0.2) is 4.98 Å². The molecule has 3 aromatic rings. The highest BCUT2D eigenvalue weighted by atomic mass is 79.9. The summed E-state index contributed by atoms with van der Waals surface area (Å²) in [6.45, 7) is 0. The van der Waals surface area contributed by atoms with Crippen molar-refractivity contribution in [2.24, 2.45) is 0 Å². The summed E-state index contributed by atoms with van der Waals surface area (Å²) in [4.78, 5) is 4.41. The molecule has 0 aliphatic carbocycles. The zero-order valence-corrected chi connectivity index (χ0v) is 10.4. The number of anilines is 1. The van der Waals surface area contributed by atoms with Crippen molar-refractivity contribution in [1.82, 2.24) is 4.98 Å². The first-order valence-corrected chi connectivity index (χ1v) is 5.94. The van der Waals surface area contributed by atoms with Crippen molar-refractivity contribution in [3.8, 4) is 11.5 Å². The van der Waals surface area contributed by atoms with E-state index in [1.165, 1.54) is 0 Å². The molecule has 3 nitrogen and oxygen atoms in total. The summed E-state index contributed by atoms with van der Waals surface area (Å²) in [5, 5.41) is 0. The smallest absolute Gasteiger partial charge is 0.229 e. The van der Waals surface area contributed by atoms with E-state index in [-0.39, 0.29) is 0 Å². The van der Waals surface area contributed by atoms with Crippen LogP contribution in [0.15, 0.2) is 51.4 Å². The van der Waals surface area contributed by atoms with Gasteiger partial charge in [0.15, 0.2) is 5.58 Å². The van der Waals surface area contributed by atoms with Crippen LogP contribution in [0.1, 0.15) is 0 Å². The molecule has 0 aliphatic heterocycles. The number of nitrogens with zero attached hydrogens (tertiary/aromatic N) is 1. The average molecular weight is 289 g/mol. The Labute approximate surface area is 106 Å². The number of oxazole rings is 1. The Balaban J connectivity index is 2.20. The summed E-state index contributed by atoms with van der Waals surface area (Å²) in [6.07, 6.45) is 0. The van der Waals surface area contributed by atoms with Crippen molar-refractivity contribution in [2.45, 2.75) is 0 Å². The second kappa shape index (κ2) is 3.89. The van der Waals surface area contributed by atoms with Crippen LogP contribution in [0.5, 0.6) is 0 Å². The maximum atomic E-state index is 5.95. The average Bonchev–Trinajstić information content (AvgIpc) is 2.72. The van der Waals surface area contributed by atoms with Gasteiger partial charge in [-0.3, -0.25) is 0 Å². The number of hydrogen-bond acceptors (Lipinski definition) is 3. The van der Waals surface area contributed by atoms with E-state index >= 15 is 0 Å². The van der Waals surface area contributed by atoms with Crippen LogP contribution in [0.2, 0.25) is 0 Å². The quantitative estimate of drug-likeness (QED) is 0.692. The summed E-state index contributed by atoms with van der Waals surface area (Å²) < 4.78 is 6.61. The lowest BCUT2D eigenvalue weighted by Crippen LogP contribution is -1.89. The summed E-state index contributed by atoms with van der Waals surface area (Å²) in [5.41, 5.74) is 9.01. The molecular weight excluding hydrogens is 280 g/mol. The van der Waals surface area contributed by atoms with Crippen molar-refractivity contribution in [3.05, 3.63) is 46.9 Å². The molecule has 2 N–H and O–H groups in total. The highest BCUT2D eigenvalue weighted by Gasteiger charge is 2.10. The van der Waals surface area contributed by atoms with Gasteiger partial charge in [0.25, 0.3) is 0 Å². The van der Waals surface area contributed by atoms with Gasteiger partial charge in [0.2, 0.25) is 5.89 Å². The molecule has 2 aromatic carbocycles. The predicted octanol–water partition coefficient (Wildman–Crippen LogP) is 3.84. The highest BCUT2D eigenvalue weighted by Crippen LogP contribution is 2.30. The molecule has 0 amide bonds. The molecule has 17 heavy (non-hydrogen) atoms. The molecule has 0 bridgehead atoms. The molecule has 0 saturated carbocycles. The first-order valence-electron chi connectivity index (χ1n) is 5.15. The van der Waals surface area contributed by atoms with Gasteiger partial charge in [-0.1, -0.05) is 28.1 Å². The summed E-state index contributed by atoms with van der Waals surface area (Å²) in [7, 11) is 0. The molecule has 0 aliphatic rings. The lowest BCUT2D eigenvalue weighted by molar-refractivity contribution is 0.620. The van der Waals surface area contributed by atoms with Crippen LogP contribution < -0.4 is 5.73 Å². The van der Waals surface area contributed by atoms with Gasteiger partial charge in [-0.2, -0.15) is 0 Å². The first-order chi connectivity index (χ1) is 8.24. The number of nitrogen functional groups attached to an aromatic ring is 1. The summed E-state index contributed by atoms with van der Waals surface area (Å²) in [5.74, 6) is 0.552. The molecule has 1 aromatic heterocycles. The SMILES string of the molecule is Nc1cc(Br)ccc1-c1nc2ccccc2o1. The summed E-state index contributed by atoms with van der Waals surface area (Å²) >= 11 is 3.37. The lowest BCUT2D eigenvalue weighted by atomic mass is 10.2. The topological polar surface area (TPSA) is 52.0 Å². The number of hydrogen-bond donors (Lipinski definition) is 1. The van der Waals surface area contributed by atoms with E-state index in [0.29, 0.717) is 11.6 Å². The highest BCUT2D eigenvalue weighted by molar-refractivity contribution is 9.10. The molecule has 1 heterocycles. The molecular formula is C13H9BrN2O. The standard InChI is InChI=1S/C13H9BrN2O/c14-8-5-6-9(10(15)7-8)13-16-11-3-1-2-4-12(11)17-13/h1-7H,15H2. The van der Waals surface area contributed by atoms with E-state index in [9.17, 15) is 0 Å². The molecule has 84 valence electrons. The molecule has 0 saturated heterocycles. The van der Waals surface area contributed by atoms with Crippen molar-refractivity contribution in [1.29, 1.82) is 0 Å². The minimum Gasteiger partial charge on any atom is -0.436 e. The van der Waals surface area contributed by atoms with Crippen LogP contribution in [-0.2, 0) is 0 Å². The van der Waals surface area contributed by atoms with Gasteiger partial charge in [0, 0.05) is 10.2 Å². The Bertz CT molecular complexity index is 658. The maximum absolute atomic E-state index is 5.95. The minimum atomic E-state index is 0.552. The predicted molar refractivity (Wildman–Crippen MR) is 71.6 cm³/mol. The third-order valence-corrected chi connectivity index (χ3v) is 3.03. The number of para-hydroxylation sites is 2. The third kappa shape index (κ3) is 1.80. The van der Waals surface area contributed by atoms with Gasteiger partial charge in [-0.15, -0.1) is 0 Å². The number of aromatic nitrogens is 1. The van der Waals surface area contributed by atoms with Crippen LogP contribution in [0.4, 0.5) is 5.69 Å². The van der Waals surface area contributed by atoms with Gasteiger partial charge in [0.05, 0.1) is 5.56 Å². The van der Waals surface area contributed by atoms with Crippen LogP contribution in [-0.4, -0.2) is 4.98 Å². The Morgan fingerprint density at radius 3 is 2.71 bits per heavy atom. The van der Waals surface area contributed by atoms with E-state index in [2.05, 4.69) is 20.9 Å². The first kappa shape index (κ1) is 10.4. The Morgan fingerprint density at radius 1 is 1.12 bits per heavy atom. The summed E-state index contributed by atoms with van der Waals surface area (Å²) in [6, 6.07) is 13.3. The van der Waals surface area contributed by atoms with Gasteiger partial charge in [-0.05, 0) is 30.3 Å².